The van der Waals surface area contributed by atoms with Gasteiger partial charge in [-0.3, -0.25) is 0 Å². The molecule has 0 amide bonds. The Hall–Kier alpha value is -1.49. The van der Waals surface area contributed by atoms with Crippen molar-refractivity contribution in [3.8, 4) is 11.4 Å². The van der Waals surface area contributed by atoms with Gasteiger partial charge in [0.2, 0.25) is 5.16 Å². The molecule has 0 atom stereocenters. The van der Waals surface area contributed by atoms with E-state index in [1.807, 2.05) is 42.1 Å². The van der Waals surface area contributed by atoms with Crippen LogP contribution in [0.4, 0.5) is 0 Å². The maximum absolute atomic E-state index is 5.11. The van der Waals surface area contributed by atoms with Crippen molar-refractivity contribution in [3.63, 3.8) is 0 Å². The molecule has 0 aliphatic carbocycles. The number of rotatable bonds is 3. The van der Waals surface area contributed by atoms with Crippen molar-refractivity contribution in [2.75, 3.05) is 13.4 Å². The van der Waals surface area contributed by atoms with Crippen LogP contribution in [0.3, 0.4) is 0 Å². The quantitative estimate of drug-likeness (QED) is 0.765. The zero-order chi connectivity index (χ0) is 11.5. The fourth-order valence-corrected chi connectivity index (χ4v) is 1.81. The Morgan fingerprint density at radius 1 is 1.25 bits per heavy atom. The van der Waals surface area contributed by atoms with E-state index in [1.54, 1.807) is 7.11 Å². The van der Waals surface area contributed by atoms with Gasteiger partial charge in [0.05, 0.1) is 12.8 Å². The molecule has 0 aliphatic rings. The molecule has 0 saturated carbocycles. The maximum Gasteiger partial charge on any atom is 0.208 e. The van der Waals surface area contributed by atoms with Crippen molar-refractivity contribution in [1.29, 1.82) is 0 Å². The summed E-state index contributed by atoms with van der Waals surface area (Å²) in [5.74, 6) is 1.72. The monoisotopic (exact) mass is 235 g/mol. The number of aryl methyl sites for hydroxylation is 1. The Balaban J connectivity index is 2.38. The van der Waals surface area contributed by atoms with Gasteiger partial charge in [-0.05, 0) is 37.4 Å². The van der Waals surface area contributed by atoms with Gasteiger partial charge in [-0.1, -0.05) is 11.8 Å². The van der Waals surface area contributed by atoms with Crippen LogP contribution in [0.1, 0.15) is 5.82 Å². The summed E-state index contributed by atoms with van der Waals surface area (Å²) in [6, 6.07) is 7.75. The molecule has 84 valence electrons. The summed E-state index contributed by atoms with van der Waals surface area (Å²) < 4.78 is 6.94. The minimum Gasteiger partial charge on any atom is -0.497 e. The molecule has 1 aromatic heterocycles. The molecular weight excluding hydrogens is 222 g/mol. The third-order valence-corrected chi connectivity index (χ3v) is 2.79. The lowest BCUT2D eigenvalue weighted by atomic mass is 10.3. The molecule has 1 aromatic carbocycles. The van der Waals surface area contributed by atoms with E-state index in [4.69, 9.17) is 4.74 Å². The van der Waals surface area contributed by atoms with E-state index in [1.165, 1.54) is 11.8 Å². The molecule has 4 nitrogen and oxygen atoms in total. The van der Waals surface area contributed by atoms with Gasteiger partial charge in [0.25, 0.3) is 0 Å². The van der Waals surface area contributed by atoms with Crippen molar-refractivity contribution in [2.45, 2.75) is 12.1 Å². The smallest absolute Gasteiger partial charge is 0.208 e. The average molecular weight is 235 g/mol. The van der Waals surface area contributed by atoms with Crippen LogP contribution >= 0.6 is 11.8 Å². The van der Waals surface area contributed by atoms with E-state index in [-0.39, 0.29) is 0 Å². The van der Waals surface area contributed by atoms with Gasteiger partial charge in [0, 0.05) is 0 Å². The Bertz CT molecular complexity index is 478. The molecule has 2 rings (SSSR count). The number of benzene rings is 1. The third kappa shape index (κ3) is 2.04. The fourth-order valence-electron chi connectivity index (χ4n) is 1.42. The minimum atomic E-state index is 0.785. The lowest BCUT2D eigenvalue weighted by Crippen LogP contribution is -1.98. The highest BCUT2D eigenvalue weighted by Gasteiger charge is 2.06. The van der Waals surface area contributed by atoms with Gasteiger partial charge in [0.15, 0.2) is 0 Å². The van der Waals surface area contributed by atoms with Crippen LogP contribution in [0.5, 0.6) is 5.75 Å². The SMILES string of the molecule is COc1ccc(-n2nc(SC)nc2C)cc1. The molecule has 16 heavy (non-hydrogen) atoms. The second-order valence-electron chi connectivity index (χ2n) is 3.26. The third-order valence-electron chi connectivity index (χ3n) is 2.25. The number of thioether (sulfide) groups is 1. The molecule has 2 aromatic rings. The molecule has 0 fully saturated rings. The second-order valence-corrected chi connectivity index (χ2v) is 4.03. The van der Waals surface area contributed by atoms with Crippen molar-refractivity contribution in [3.05, 3.63) is 30.1 Å². The van der Waals surface area contributed by atoms with Crippen LogP contribution in [0.15, 0.2) is 29.4 Å². The molecule has 0 bridgehead atoms. The zero-order valence-electron chi connectivity index (χ0n) is 9.47. The van der Waals surface area contributed by atoms with Crippen molar-refractivity contribution in [2.24, 2.45) is 0 Å². The highest BCUT2D eigenvalue weighted by atomic mass is 32.2. The van der Waals surface area contributed by atoms with Gasteiger partial charge < -0.3 is 4.74 Å². The number of methoxy groups -OCH3 is 1. The summed E-state index contributed by atoms with van der Waals surface area (Å²) in [6.07, 6.45) is 1.97. The molecule has 0 unspecified atom stereocenters. The summed E-state index contributed by atoms with van der Waals surface area (Å²) in [4.78, 5) is 4.33. The van der Waals surface area contributed by atoms with E-state index in [2.05, 4.69) is 10.1 Å². The van der Waals surface area contributed by atoms with Gasteiger partial charge in [0.1, 0.15) is 11.6 Å². The van der Waals surface area contributed by atoms with E-state index in [9.17, 15) is 0 Å². The first-order chi connectivity index (χ1) is 7.74. The van der Waals surface area contributed by atoms with Crippen LogP contribution in [0, 0.1) is 6.92 Å². The lowest BCUT2D eigenvalue weighted by molar-refractivity contribution is 0.414. The molecule has 0 saturated heterocycles. The topological polar surface area (TPSA) is 39.9 Å². The normalized spacial score (nSPS) is 10.4. The first-order valence-electron chi connectivity index (χ1n) is 4.86. The first kappa shape index (κ1) is 11.0. The summed E-state index contributed by atoms with van der Waals surface area (Å²) >= 11 is 1.54. The van der Waals surface area contributed by atoms with Crippen LogP contribution in [0.25, 0.3) is 5.69 Å². The highest BCUT2D eigenvalue weighted by Crippen LogP contribution is 2.17. The standard InChI is InChI=1S/C11H13N3OS/c1-8-12-11(16-3)13-14(8)9-4-6-10(15-2)7-5-9/h4-7H,1-3H3. The van der Waals surface area contributed by atoms with Crippen LogP contribution in [-0.4, -0.2) is 28.1 Å². The van der Waals surface area contributed by atoms with Crippen LogP contribution in [0.2, 0.25) is 0 Å². The Labute approximate surface area is 98.6 Å². The van der Waals surface area contributed by atoms with Crippen LogP contribution < -0.4 is 4.74 Å². The summed E-state index contributed by atoms with van der Waals surface area (Å²) in [6.45, 7) is 1.94. The predicted molar refractivity (Wildman–Crippen MR) is 64.4 cm³/mol. The first-order valence-corrected chi connectivity index (χ1v) is 6.09. The number of hydrogen-bond acceptors (Lipinski definition) is 4. The predicted octanol–water partition coefficient (Wildman–Crippen LogP) is 2.31. The number of ether oxygens (including phenoxy) is 1. The maximum atomic E-state index is 5.11. The fraction of sp³-hybridized carbons (Fsp3) is 0.273. The molecule has 1 heterocycles. The number of hydrogen-bond donors (Lipinski definition) is 0. The van der Waals surface area contributed by atoms with E-state index in [0.717, 1.165) is 22.4 Å². The Kier molecular flexibility index (Phi) is 3.14. The Morgan fingerprint density at radius 2 is 1.94 bits per heavy atom. The van der Waals surface area contributed by atoms with E-state index >= 15 is 0 Å². The minimum absolute atomic E-state index is 0.785. The lowest BCUT2D eigenvalue weighted by Gasteiger charge is -2.04. The molecule has 0 N–H and O–H groups in total. The van der Waals surface area contributed by atoms with Gasteiger partial charge in [-0.2, -0.15) is 0 Å². The Morgan fingerprint density at radius 3 is 2.44 bits per heavy atom. The number of nitrogens with zero attached hydrogens (tertiary/aromatic N) is 3. The highest BCUT2D eigenvalue weighted by molar-refractivity contribution is 7.98. The molecule has 0 radical (unpaired) electrons. The van der Waals surface area contributed by atoms with Gasteiger partial charge >= 0.3 is 0 Å². The average Bonchev–Trinajstić information content (AvgIpc) is 2.71. The largest absolute Gasteiger partial charge is 0.497 e. The van der Waals surface area contributed by atoms with Crippen molar-refractivity contribution in [1.82, 2.24) is 14.8 Å². The zero-order valence-corrected chi connectivity index (χ0v) is 10.3. The van der Waals surface area contributed by atoms with Gasteiger partial charge in [-0.25, -0.2) is 9.67 Å². The number of aromatic nitrogens is 3. The summed E-state index contributed by atoms with van der Waals surface area (Å²) in [5.41, 5.74) is 0.992. The summed E-state index contributed by atoms with van der Waals surface area (Å²) in [5, 5.41) is 5.17. The second kappa shape index (κ2) is 4.57. The van der Waals surface area contributed by atoms with Crippen molar-refractivity contribution < 1.29 is 4.74 Å². The van der Waals surface area contributed by atoms with E-state index < -0.39 is 0 Å². The molecule has 0 aliphatic heterocycles. The van der Waals surface area contributed by atoms with E-state index in [0.29, 0.717) is 0 Å². The van der Waals surface area contributed by atoms with Crippen molar-refractivity contribution >= 4 is 11.8 Å². The molecular formula is C11H13N3OS. The molecule has 0 spiro atoms. The summed E-state index contributed by atoms with van der Waals surface area (Å²) in [7, 11) is 1.65. The van der Waals surface area contributed by atoms with Gasteiger partial charge in [-0.15, -0.1) is 5.10 Å². The molecule has 5 heteroatoms. The van der Waals surface area contributed by atoms with Crippen LogP contribution in [-0.2, 0) is 0 Å².